The Bertz CT molecular complexity index is 1440. The van der Waals surface area contributed by atoms with Gasteiger partial charge in [0.15, 0.2) is 0 Å². The first-order valence-corrected chi connectivity index (χ1v) is 11.6. The van der Waals surface area contributed by atoms with Crippen molar-refractivity contribution in [2.45, 2.75) is 25.7 Å². The van der Waals surface area contributed by atoms with Gasteiger partial charge in [-0.05, 0) is 60.7 Å². The van der Waals surface area contributed by atoms with Gasteiger partial charge in [0.1, 0.15) is 5.82 Å². The van der Waals surface area contributed by atoms with E-state index in [0.29, 0.717) is 25.8 Å². The van der Waals surface area contributed by atoms with Crippen LogP contribution in [0.25, 0.3) is 33.2 Å². The Labute approximate surface area is 197 Å². The number of carbonyl (C=O) groups is 1. The second kappa shape index (κ2) is 9.87. The number of amides is 1. The quantitative estimate of drug-likeness (QED) is 0.295. The third-order valence-electron chi connectivity index (χ3n) is 6.13. The summed E-state index contributed by atoms with van der Waals surface area (Å²) in [5.41, 5.74) is 5.68. The predicted molar refractivity (Wildman–Crippen MR) is 135 cm³/mol. The van der Waals surface area contributed by atoms with Crippen molar-refractivity contribution in [3.05, 3.63) is 102 Å². The van der Waals surface area contributed by atoms with Crippen LogP contribution in [-0.4, -0.2) is 22.4 Å². The van der Waals surface area contributed by atoms with Crippen LogP contribution < -0.4 is 5.32 Å². The lowest BCUT2D eigenvalue weighted by molar-refractivity contribution is -0.121. The number of para-hydroxylation sites is 1. The maximum atomic E-state index is 14.1. The number of H-pyrrole nitrogens is 1. The predicted octanol–water partition coefficient (Wildman–Crippen LogP) is 6.20. The van der Waals surface area contributed by atoms with E-state index in [1.54, 1.807) is 12.1 Å². The number of rotatable bonds is 8. The van der Waals surface area contributed by atoms with Gasteiger partial charge in [-0.15, -0.1) is 0 Å². The third-order valence-corrected chi connectivity index (χ3v) is 6.13. The molecule has 34 heavy (non-hydrogen) atoms. The molecule has 4 nitrogen and oxygen atoms in total. The van der Waals surface area contributed by atoms with E-state index < -0.39 is 0 Å². The van der Waals surface area contributed by atoms with Gasteiger partial charge in [0.25, 0.3) is 0 Å². The summed E-state index contributed by atoms with van der Waals surface area (Å²) in [5, 5.41) is 4.92. The lowest BCUT2D eigenvalue weighted by Crippen LogP contribution is -2.25. The standard InChI is InChI=1S/C29H26FN3O/c30-22-14-16-26-24(19-22)23(10-6-12-28(34)31-18-17-20-7-2-1-3-8-20)29(33-26)27-15-13-21-9-4-5-11-25(21)32-27/h1-5,7-9,11,13-16,19,33H,6,10,12,17-18H2,(H,31,34). The fourth-order valence-corrected chi connectivity index (χ4v) is 4.41. The molecule has 0 aliphatic rings. The van der Waals surface area contributed by atoms with E-state index in [0.717, 1.165) is 45.2 Å². The topological polar surface area (TPSA) is 57.8 Å². The number of fused-ring (bicyclic) bond motifs is 2. The molecule has 2 heterocycles. The minimum atomic E-state index is -0.274. The van der Waals surface area contributed by atoms with Gasteiger partial charge in [-0.3, -0.25) is 4.79 Å². The highest BCUT2D eigenvalue weighted by Gasteiger charge is 2.16. The van der Waals surface area contributed by atoms with Gasteiger partial charge in [-0.1, -0.05) is 54.6 Å². The van der Waals surface area contributed by atoms with Crippen molar-refractivity contribution in [1.29, 1.82) is 0 Å². The summed E-state index contributed by atoms with van der Waals surface area (Å²) in [6.45, 7) is 0.618. The minimum Gasteiger partial charge on any atom is -0.356 e. The van der Waals surface area contributed by atoms with Crippen LogP contribution in [0.2, 0.25) is 0 Å². The van der Waals surface area contributed by atoms with E-state index >= 15 is 0 Å². The smallest absolute Gasteiger partial charge is 0.220 e. The highest BCUT2D eigenvalue weighted by molar-refractivity contribution is 5.91. The number of benzene rings is 3. The van der Waals surface area contributed by atoms with Crippen molar-refractivity contribution >= 4 is 27.7 Å². The number of pyridine rings is 1. The van der Waals surface area contributed by atoms with Gasteiger partial charge in [0.05, 0.1) is 16.9 Å². The summed E-state index contributed by atoms with van der Waals surface area (Å²) < 4.78 is 14.1. The van der Waals surface area contributed by atoms with Crippen LogP contribution in [0.3, 0.4) is 0 Å². The Morgan fingerprint density at radius 2 is 1.74 bits per heavy atom. The second-order valence-electron chi connectivity index (χ2n) is 8.50. The maximum absolute atomic E-state index is 14.1. The molecule has 0 saturated carbocycles. The van der Waals surface area contributed by atoms with E-state index in [1.807, 2.05) is 54.6 Å². The fraction of sp³-hybridized carbons (Fsp3) is 0.172. The van der Waals surface area contributed by atoms with Crippen molar-refractivity contribution in [2.24, 2.45) is 0 Å². The number of carbonyl (C=O) groups excluding carboxylic acids is 1. The van der Waals surface area contributed by atoms with E-state index in [-0.39, 0.29) is 11.7 Å². The number of aromatic nitrogens is 2. The summed E-state index contributed by atoms with van der Waals surface area (Å²) in [5.74, 6) is -0.239. The first-order valence-electron chi connectivity index (χ1n) is 11.6. The van der Waals surface area contributed by atoms with Crippen molar-refractivity contribution in [3.8, 4) is 11.4 Å². The van der Waals surface area contributed by atoms with Crippen molar-refractivity contribution in [1.82, 2.24) is 15.3 Å². The molecule has 0 unspecified atom stereocenters. The molecule has 0 atom stereocenters. The van der Waals surface area contributed by atoms with Crippen LogP contribution in [0.1, 0.15) is 24.0 Å². The molecule has 170 valence electrons. The molecule has 0 fully saturated rings. The lowest BCUT2D eigenvalue weighted by atomic mass is 10.0. The van der Waals surface area contributed by atoms with Crippen LogP contribution in [-0.2, 0) is 17.6 Å². The second-order valence-corrected chi connectivity index (χ2v) is 8.50. The molecule has 2 aromatic heterocycles. The van der Waals surface area contributed by atoms with Gasteiger partial charge in [0.2, 0.25) is 5.91 Å². The molecule has 2 N–H and O–H groups in total. The van der Waals surface area contributed by atoms with E-state index in [2.05, 4.69) is 22.4 Å². The zero-order valence-corrected chi connectivity index (χ0v) is 18.9. The van der Waals surface area contributed by atoms with Gasteiger partial charge >= 0.3 is 0 Å². The zero-order chi connectivity index (χ0) is 23.3. The van der Waals surface area contributed by atoms with E-state index in [4.69, 9.17) is 4.98 Å². The number of aryl methyl sites for hydroxylation is 1. The number of halogens is 1. The molecule has 1 amide bonds. The zero-order valence-electron chi connectivity index (χ0n) is 18.9. The van der Waals surface area contributed by atoms with Gasteiger partial charge in [-0.25, -0.2) is 9.37 Å². The van der Waals surface area contributed by atoms with Gasteiger partial charge in [0, 0.05) is 29.3 Å². The third kappa shape index (κ3) is 4.84. The van der Waals surface area contributed by atoms with Crippen LogP contribution in [0.4, 0.5) is 4.39 Å². The Morgan fingerprint density at radius 3 is 2.62 bits per heavy atom. The summed E-state index contributed by atoms with van der Waals surface area (Å²) in [4.78, 5) is 20.7. The Morgan fingerprint density at radius 1 is 0.912 bits per heavy atom. The average Bonchev–Trinajstić information content (AvgIpc) is 3.22. The first kappa shape index (κ1) is 21.8. The molecule has 5 heteroatoms. The average molecular weight is 452 g/mol. The lowest BCUT2D eigenvalue weighted by Gasteiger charge is -2.08. The fourth-order valence-electron chi connectivity index (χ4n) is 4.41. The molecular weight excluding hydrogens is 425 g/mol. The summed E-state index contributed by atoms with van der Waals surface area (Å²) in [7, 11) is 0. The largest absolute Gasteiger partial charge is 0.356 e. The first-order chi connectivity index (χ1) is 16.7. The van der Waals surface area contributed by atoms with E-state index in [9.17, 15) is 9.18 Å². The van der Waals surface area contributed by atoms with Crippen molar-refractivity contribution in [3.63, 3.8) is 0 Å². The molecule has 0 aliphatic heterocycles. The molecule has 0 saturated heterocycles. The van der Waals surface area contributed by atoms with Crippen LogP contribution in [0.5, 0.6) is 0 Å². The van der Waals surface area contributed by atoms with Crippen LogP contribution >= 0.6 is 0 Å². The Balaban J connectivity index is 1.31. The van der Waals surface area contributed by atoms with Crippen molar-refractivity contribution in [2.75, 3.05) is 6.54 Å². The number of nitrogens with zero attached hydrogens (tertiary/aromatic N) is 1. The molecule has 5 rings (SSSR count). The SMILES string of the molecule is O=C(CCCc1c(-c2ccc3ccccc3n2)[nH]c2ccc(F)cc12)NCCc1ccccc1. The molecule has 0 radical (unpaired) electrons. The van der Waals surface area contributed by atoms with Gasteiger partial charge in [-0.2, -0.15) is 0 Å². The highest BCUT2D eigenvalue weighted by atomic mass is 19.1. The molecule has 0 aliphatic carbocycles. The Kier molecular flexibility index (Phi) is 6.34. The summed E-state index contributed by atoms with van der Waals surface area (Å²) in [6, 6.07) is 26.9. The number of hydrogen-bond donors (Lipinski definition) is 2. The Hall–Kier alpha value is -3.99. The summed E-state index contributed by atoms with van der Waals surface area (Å²) >= 11 is 0. The van der Waals surface area contributed by atoms with Crippen molar-refractivity contribution < 1.29 is 9.18 Å². The highest BCUT2D eigenvalue weighted by Crippen LogP contribution is 2.32. The van der Waals surface area contributed by atoms with Crippen LogP contribution in [0, 0.1) is 5.82 Å². The molecular formula is C29H26FN3O. The molecule has 5 aromatic rings. The molecule has 3 aromatic carbocycles. The number of aromatic amines is 1. The normalized spacial score (nSPS) is 11.2. The molecule has 0 bridgehead atoms. The molecule has 0 spiro atoms. The number of hydrogen-bond acceptors (Lipinski definition) is 2. The number of nitrogens with one attached hydrogen (secondary N) is 2. The monoisotopic (exact) mass is 451 g/mol. The van der Waals surface area contributed by atoms with E-state index in [1.165, 1.54) is 11.6 Å². The summed E-state index contributed by atoms with van der Waals surface area (Å²) in [6.07, 6.45) is 2.55. The van der Waals surface area contributed by atoms with Crippen LogP contribution in [0.15, 0.2) is 84.9 Å². The van der Waals surface area contributed by atoms with Gasteiger partial charge < -0.3 is 10.3 Å². The minimum absolute atomic E-state index is 0.0346. The maximum Gasteiger partial charge on any atom is 0.220 e.